The summed E-state index contributed by atoms with van der Waals surface area (Å²) in [6.07, 6.45) is 0. The Kier molecular flexibility index (Phi) is 4.40. The maximum Gasteiger partial charge on any atom is 0.269 e. The van der Waals surface area contributed by atoms with Crippen molar-refractivity contribution in [3.8, 4) is 28.5 Å². The average Bonchev–Trinajstić information content (AvgIpc) is 3.14. The second-order valence-electron chi connectivity index (χ2n) is 5.83. The van der Waals surface area contributed by atoms with Gasteiger partial charge in [-0.2, -0.15) is 0 Å². The number of aromatic nitrogens is 3. The van der Waals surface area contributed by atoms with E-state index in [1.807, 2.05) is 47.0 Å². The number of nitrogens with zero attached hydrogens (tertiary/aromatic N) is 4. The van der Waals surface area contributed by atoms with E-state index in [2.05, 4.69) is 10.2 Å². The Morgan fingerprint density at radius 3 is 1.81 bits per heavy atom. The predicted octanol–water partition coefficient (Wildman–Crippen LogP) is 5.16. The van der Waals surface area contributed by atoms with Gasteiger partial charge in [0.05, 0.1) is 4.92 Å². The van der Waals surface area contributed by atoms with E-state index in [-0.39, 0.29) is 5.69 Å². The molecule has 0 aliphatic carbocycles. The Hall–Kier alpha value is -3.51. The lowest BCUT2D eigenvalue weighted by molar-refractivity contribution is -0.384. The van der Waals surface area contributed by atoms with Gasteiger partial charge in [-0.25, -0.2) is 0 Å². The van der Waals surface area contributed by atoms with Gasteiger partial charge in [0.15, 0.2) is 11.6 Å². The topological polar surface area (TPSA) is 73.8 Å². The van der Waals surface area contributed by atoms with E-state index in [0.717, 1.165) is 16.8 Å². The quantitative estimate of drug-likeness (QED) is 0.364. The fourth-order valence-electron chi connectivity index (χ4n) is 2.81. The van der Waals surface area contributed by atoms with Crippen LogP contribution in [0, 0.1) is 10.1 Å². The molecule has 4 rings (SSSR count). The average molecular weight is 377 g/mol. The molecule has 0 aliphatic rings. The minimum atomic E-state index is -0.426. The number of benzene rings is 3. The van der Waals surface area contributed by atoms with Crippen molar-refractivity contribution in [1.29, 1.82) is 0 Å². The highest BCUT2D eigenvalue weighted by molar-refractivity contribution is 6.30. The van der Waals surface area contributed by atoms with Crippen LogP contribution < -0.4 is 0 Å². The summed E-state index contributed by atoms with van der Waals surface area (Å²) < 4.78 is 1.92. The van der Waals surface area contributed by atoms with Crippen LogP contribution in [-0.2, 0) is 0 Å². The van der Waals surface area contributed by atoms with Crippen LogP contribution in [0.2, 0.25) is 5.02 Å². The molecule has 0 saturated heterocycles. The fourth-order valence-corrected chi connectivity index (χ4v) is 2.94. The van der Waals surface area contributed by atoms with E-state index in [0.29, 0.717) is 16.7 Å². The summed E-state index contributed by atoms with van der Waals surface area (Å²) in [6, 6.07) is 23.3. The molecular weight excluding hydrogens is 364 g/mol. The summed E-state index contributed by atoms with van der Waals surface area (Å²) >= 11 is 6.00. The first kappa shape index (κ1) is 16.9. The lowest BCUT2D eigenvalue weighted by atomic mass is 10.1. The minimum Gasteiger partial charge on any atom is -0.275 e. The summed E-state index contributed by atoms with van der Waals surface area (Å²) in [5.41, 5.74) is 2.52. The molecular formula is C20H13ClN4O2. The molecule has 1 aromatic heterocycles. The molecule has 132 valence electrons. The lowest BCUT2D eigenvalue weighted by Gasteiger charge is -2.11. The van der Waals surface area contributed by atoms with Crippen molar-refractivity contribution in [3.05, 3.63) is 94.0 Å². The number of hydrogen-bond acceptors (Lipinski definition) is 4. The molecule has 0 atom stereocenters. The fraction of sp³-hybridized carbons (Fsp3) is 0. The number of non-ortho nitro benzene ring substituents is 1. The van der Waals surface area contributed by atoms with Crippen molar-refractivity contribution in [2.45, 2.75) is 0 Å². The molecule has 27 heavy (non-hydrogen) atoms. The van der Waals surface area contributed by atoms with Crippen LogP contribution in [0.1, 0.15) is 0 Å². The summed E-state index contributed by atoms with van der Waals surface area (Å²) in [5.74, 6) is 1.26. The summed E-state index contributed by atoms with van der Waals surface area (Å²) in [5, 5.41) is 20.3. The molecule has 6 nitrogen and oxygen atoms in total. The lowest BCUT2D eigenvalue weighted by Crippen LogP contribution is -2.00. The Balaban J connectivity index is 1.89. The third-order valence-electron chi connectivity index (χ3n) is 4.12. The van der Waals surface area contributed by atoms with Gasteiger partial charge in [-0.1, -0.05) is 29.8 Å². The van der Waals surface area contributed by atoms with Crippen molar-refractivity contribution >= 4 is 17.3 Å². The molecule has 0 fully saturated rings. The number of rotatable bonds is 4. The SMILES string of the molecule is O=[N+]([O-])c1ccc(-c2nnc(-c3ccc(Cl)cc3)n2-c2ccccc2)cc1. The van der Waals surface area contributed by atoms with Gasteiger partial charge in [-0.15, -0.1) is 10.2 Å². The van der Waals surface area contributed by atoms with E-state index in [1.54, 1.807) is 24.3 Å². The zero-order chi connectivity index (χ0) is 18.8. The summed E-state index contributed by atoms with van der Waals surface area (Å²) in [6.45, 7) is 0. The molecule has 4 aromatic rings. The van der Waals surface area contributed by atoms with Crippen LogP contribution in [0.25, 0.3) is 28.5 Å². The van der Waals surface area contributed by atoms with E-state index >= 15 is 0 Å². The highest BCUT2D eigenvalue weighted by atomic mass is 35.5. The Labute approximate surface area is 159 Å². The molecule has 0 spiro atoms. The van der Waals surface area contributed by atoms with Crippen LogP contribution in [-0.4, -0.2) is 19.7 Å². The van der Waals surface area contributed by atoms with Gasteiger partial charge in [0.2, 0.25) is 0 Å². The molecule has 0 radical (unpaired) electrons. The number of nitro benzene ring substituents is 1. The van der Waals surface area contributed by atoms with Crippen molar-refractivity contribution in [2.75, 3.05) is 0 Å². The third kappa shape index (κ3) is 3.30. The predicted molar refractivity (Wildman–Crippen MR) is 104 cm³/mol. The molecule has 7 heteroatoms. The van der Waals surface area contributed by atoms with E-state index in [4.69, 9.17) is 11.6 Å². The van der Waals surface area contributed by atoms with Gasteiger partial charge in [0, 0.05) is 34.0 Å². The van der Waals surface area contributed by atoms with Gasteiger partial charge < -0.3 is 0 Å². The van der Waals surface area contributed by atoms with E-state index < -0.39 is 4.92 Å². The van der Waals surface area contributed by atoms with Crippen LogP contribution in [0.3, 0.4) is 0 Å². The van der Waals surface area contributed by atoms with Crippen molar-refractivity contribution < 1.29 is 4.92 Å². The van der Waals surface area contributed by atoms with Crippen LogP contribution in [0.4, 0.5) is 5.69 Å². The van der Waals surface area contributed by atoms with E-state index in [1.165, 1.54) is 12.1 Å². The standard InChI is InChI=1S/C20H13ClN4O2/c21-16-10-6-14(7-11-16)19-22-23-20(24(19)17-4-2-1-3-5-17)15-8-12-18(13-9-15)25(26)27/h1-13H. The number of nitro groups is 1. The largest absolute Gasteiger partial charge is 0.275 e. The first-order valence-corrected chi connectivity index (χ1v) is 8.53. The second kappa shape index (κ2) is 7.01. The monoisotopic (exact) mass is 376 g/mol. The Bertz CT molecular complexity index is 1090. The highest BCUT2D eigenvalue weighted by Gasteiger charge is 2.17. The molecule has 3 aromatic carbocycles. The maximum absolute atomic E-state index is 10.9. The van der Waals surface area contributed by atoms with Crippen LogP contribution >= 0.6 is 11.6 Å². The molecule has 0 amide bonds. The number of para-hydroxylation sites is 1. The Morgan fingerprint density at radius 2 is 1.30 bits per heavy atom. The van der Waals surface area contributed by atoms with Gasteiger partial charge in [-0.3, -0.25) is 14.7 Å². The van der Waals surface area contributed by atoms with Gasteiger partial charge in [0.1, 0.15) is 0 Å². The highest BCUT2D eigenvalue weighted by Crippen LogP contribution is 2.29. The molecule has 0 N–H and O–H groups in total. The van der Waals surface area contributed by atoms with Gasteiger partial charge in [0.25, 0.3) is 5.69 Å². The van der Waals surface area contributed by atoms with Crippen molar-refractivity contribution in [3.63, 3.8) is 0 Å². The summed E-state index contributed by atoms with van der Waals surface area (Å²) in [7, 11) is 0. The zero-order valence-electron chi connectivity index (χ0n) is 14.0. The smallest absolute Gasteiger partial charge is 0.269 e. The van der Waals surface area contributed by atoms with Gasteiger partial charge in [-0.05, 0) is 48.5 Å². The number of hydrogen-bond donors (Lipinski definition) is 0. The minimum absolute atomic E-state index is 0.0300. The van der Waals surface area contributed by atoms with E-state index in [9.17, 15) is 10.1 Å². The molecule has 1 heterocycles. The van der Waals surface area contributed by atoms with Gasteiger partial charge >= 0.3 is 0 Å². The maximum atomic E-state index is 10.9. The molecule has 0 saturated carbocycles. The third-order valence-corrected chi connectivity index (χ3v) is 4.37. The van der Waals surface area contributed by atoms with Crippen molar-refractivity contribution in [1.82, 2.24) is 14.8 Å². The summed E-state index contributed by atoms with van der Waals surface area (Å²) in [4.78, 5) is 10.5. The normalized spacial score (nSPS) is 10.7. The first-order chi connectivity index (χ1) is 13.1. The van der Waals surface area contributed by atoms with Crippen molar-refractivity contribution in [2.24, 2.45) is 0 Å². The molecule has 0 bridgehead atoms. The molecule has 0 unspecified atom stereocenters. The van der Waals surface area contributed by atoms with Crippen LogP contribution in [0.5, 0.6) is 0 Å². The molecule has 0 aliphatic heterocycles. The number of halogens is 1. The zero-order valence-corrected chi connectivity index (χ0v) is 14.7. The Morgan fingerprint density at radius 1 is 0.778 bits per heavy atom. The second-order valence-corrected chi connectivity index (χ2v) is 6.27. The first-order valence-electron chi connectivity index (χ1n) is 8.15. The van der Waals surface area contributed by atoms with Crippen LogP contribution in [0.15, 0.2) is 78.9 Å².